The molecule has 1 aromatic heterocycles. The molecule has 2 heterocycles. The van der Waals surface area contributed by atoms with Gasteiger partial charge in [-0.25, -0.2) is 0 Å². The van der Waals surface area contributed by atoms with E-state index in [4.69, 9.17) is 0 Å². The smallest absolute Gasteiger partial charge is 0.251 e. The molecule has 0 unspecified atom stereocenters. The van der Waals surface area contributed by atoms with Crippen molar-refractivity contribution in [2.45, 2.75) is 26.4 Å². The Morgan fingerprint density at radius 3 is 2.89 bits per heavy atom. The standard InChI is InChI=1S/C20H28N6O2/c1-4-26-12-17(14(2)24-26)23-19(27)13-25-9-8-22-11-18(25)15-6-5-7-16(10-15)20(28)21-3/h5-7,10,12,18,22H,4,8-9,11,13H2,1-3H3,(H,21,28)(H,23,27)/t18-/m0/s1. The van der Waals surface area contributed by atoms with Crippen LogP contribution in [0.5, 0.6) is 0 Å². The summed E-state index contributed by atoms with van der Waals surface area (Å²) in [5.41, 5.74) is 3.21. The van der Waals surface area contributed by atoms with E-state index >= 15 is 0 Å². The lowest BCUT2D eigenvalue weighted by molar-refractivity contribution is -0.118. The Balaban J connectivity index is 1.72. The molecule has 2 amide bonds. The van der Waals surface area contributed by atoms with Crippen molar-refractivity contribution in [3.05, 3.63) is 47.3 Å². The molecule has 1 aromatic carbocycles. The number of rotatable bonds is 6. The van der Waals surface area contributed by atoms with Crippen molar-refractivity contribution >= 4 is 17.5 Å². The molecule has 0 saturated carbocycles. The maximum absolute atomic E-state index is 12.7. The highest BCUT2D eigenvalue weighted by molar-refractivity contribution is 5.94. The summed E-state index contributed by atoms with van der Waals surface area (Å²) in [6.07, 6.45) is 1.86. The molecular formula is C20H28N6O2. The average molecular weight is 384 g/mol. The summed E-state index contributed by atoms with van der Waals surface area (Å²) in [5.74, 6) is -0.175. The second kappa shape index (κ2) is 8.99. The van der Waals surface area contributed by atoms with E-state index in [0.717, 1.165) is 43.1 Å². The van der Waals surface area contributed by atoms with Gasteiger partial charge in [-0.2, -0.15) is 5.10 Å². The van der Waals surface area contributed by atoms with Crippen LogP contribution in [0.4, 0.5) is 5.69 Å². The Morgan fingerprint density at radius 2 is 2.18 bits per heavy atom. The molecule has 3 rings (SSSR count). The highest BCUT2D eigenvalue weighted by Gasteiger charge is 2.26. The van der Waals surface area contributed by atoms with Crippen LogP contribution in [-0.4, -0.2) is 59.7 Å². The highest BCUT2D eigenvalue weighted by atomic mass is 16.2. The average Bonchev–Trinajstić information content (AvgIpc) is 3.07. The van der Waals surface area contributed by atoms with Gasteiger partial charge >= 0.3 is 0 Å². The molecule has 150 valence electrons. The van der Waals surface area contributed by atoms with Crippen molar-refractivity contribution in [2.24, 2.45) is 0 Å². The normalized spacial score (nSPS) is 17.3. The zero-order chi connectivity index (χ0) is 20.1. The van der Waals surface area contributed by atoms with Gasteiger partial charge in [0, 0.05) is 51.0 Å². The first kappa shape index (κ1) is 20.0. The van der Waals surface area contributed by atoms with Crippen molar-refractivity contribution in [1.29, 1.82) is 0 Å². The van der Waals surface area contributed by atoms with Crippen molar-refractivity contribution < 1.29 is 9.59 Å². The number of aromatic nitrogens is 2. The monoisotopic (exact) mass is 384 g/mol. The molecule has 0 radical (unpaired) electrons. The van der Waals surface area contributed by atoms with Crippen LogP contribution in [0, 0.1) is 6.92 Å². The van der Waals surface area contributed by atoms with E-state index in [-0.39, 0.29) is 24.4 Å². The van der Waals surface area contributed by atoms with Gasteiger partial charge in [-0.1, -0.05) is 12.1 Å². The molecule has 0 aliphatic carbocycles. The Kier molecular flexibility index (Phi) is 6.43. The molecule has 1 fully saturated rings. The van der Waals surface area contributed by atoms with Crippen molar-refractivity contribution in [3.63, 3.8) is 0 Å². The van der Waals surface area contributed by atoms with Crippen LogP contribution in [0.25, 0.3) is 0 Å². The van der Waals surface area contributed by atoms with E-state index in [2.05, 4.69) is 25.9 Å². The van der Waals surface area contributed by atoms with E-state index in [1.54, 1.807) is 13.1 Å². The molecule has 1 aliphatic rings. The molecular weight excluding hydrogens is 356 g/mol. The van der Waals surface area contributed by atoms with E-state index in [1.165, 1.54) is 0 Å². The van der Waals surface area contributed by atoms with Crippen LogP contribution in [0.2, 0.25) is 0 Å². The van der Waals surface area contributed by atoms with Gasteiger partial charge in [0.15, 0.2) is 0 Å². The third-order valence-corrected chi connectivity index (χ3v) is 5.01. The molecule has 1 atom stereocenters. The van der Waals surface area contributed by atoms with Gasteiger partial charge in [-0.05, 0) is 31.5 Å². The number of hydrogen-bond acceptors (Lipinski definition) is 5. The number of piperazine rings is 1. The lowest BCUT2D eigenvalue weighted by Gasteiger charge is -2.36. The summed E-state index contributed by atoms with van der Waals surface area (Å²) >= 11 is 0. The molecule has 28 heavy (non-hydrogen) atoms. The number of hydrogen-bond donors (Lipinski definition) is 3. The second-order valence-electron chi connectivity index (χ2n) is 6.93. The molecule has 1 aliphatic heterocycles. The molecule has 2 aromatic rings. The zero-order valence-electron chi connectivity index (χ0n) is 16.7. The van der Waals surface area contributed by atoms with Gasteiger partial charge < -0.3 is 16.0 Å². The molecule has 3 N–H and O–H groups in total. The lowest BCUT2D eigenvalue weighted by Crippen LogP contribution is -2.48. The summed E-state index contributed by atoms with van der Waals surface area (Å²) in [4.78, 5) is 26.8. The SMILES string of the molecule is CCn1cc(NC(=O)CN2CCNC[C@H]2c2cccc(C(=O)NC)c2)c(C)n1. The molecule has 8 heteroatoms. The molecule has 1 saturated heterocycles. The quantitative estimate of drug-likeness (QED) is 0.695. The number of nitrogens with one attached hydrogen (secondary N) is 3. The number of benzene rings is 1. The minimum atomic E-state index is -0.113. The van der Waals surface area contributed by atoms with E-state index in [1.807, 2.05) is 42.9 Å². The minimum Gasteiger partial charge on any atom is -0.355 e. The third kappa shape index (κ3) is 4.58. The maximum atomic E-state index is 12.7. The number of carbonyl (C=O) groups excluding carboxylic acids is 2. The van der Waals surface area contributed by atoms with Gasteiger partial charge in [-0.3, -0.25) is 19.2 Å². The number of anilines is 1. The summed E-state index contributed by atoms with van der Waals surface area (Å²) < 4.78 is 1.81. The fourth-order valence-corrected chi connectivity index (χ4v) is 3.47. The molecule has 8 nitrogen and oxygen atoms in total. The van der Waals surface area contributed by atoms with Gasteiger partial charge in [0.1, 0.15) is 0 Å². The first-order valence-corrected chi connectivity index (χ1v) is 9.62. The first-order valence-electron chi connectivity index (χ1n) is 9.62. The van der Waals surface area contributed by atoms with Gasteiger partial charge in [-0.15, -0.1) is 0 Å². The van der Waals surface area contributed by atoms with Crippen LogP contribution in [0.15, 0.2) is 30.5 Å². The largest absolute Gasteiger partial charge is 0.355 e. The summed E-state index contributed by atoms with van der Waals surface area (Å²) in [7, 11) is 1.62. The van der Waals surface area contributed by atoms with Crippen molar-refractivity contribution in [3.8, 4) is 0 Å². The number of carbonyl (C=O) groups is 2. The first-order chi connectivity index (χ1) is 13.5. The third-order valence-electron chi connectivity index (χ3n) is 5.01. The van der Waals surface area contributed by atoms with Gasteiger partial charge in [0.2, 0.25) is 5.91 Å². The number of amides is 2. The second-order valence-corrected chi connectivity index (χ2v) is 6.93. The van der Waals surface area contributed by atoms with Crippen LogP contribution < -0.4 is 16.0 Å². The van der Waals surface area contributed by atoms with Gasteiger partial charge in [0.25, 0.3) is 5.91 Å². The molecule has 0 bridgehead atoms. The predicted molar refractivity (Wildman–Crippen MR) is 108 cm³/mol. The Bertz CT molecular complexity index is 847. The summed E-state index contributed by atoms with van der Waals surface area (Å²) in [6, 6.07) is 7.61. The zero-order valence-corrected chi connectivity index (χ0v) is 16.7. The van der Waals surface area contributed by atoms with E-state index in [9.17, 15) is 9.59 Å². The van der Waals surface area contributed by atoms with Crippen molar-refractivity contribution in [2.75, 3.05) is 38.5 Å². The highest BCUT2D eigenvalue weighted by Crippen LogP contribution is 2.23. The number of aryl methyl sites for hydroxylation is 2. The Hall–Kier alpha value is -2.71. The minimum absolute atomic E-state index is 0.0311. The Morgan fingerprint density at radius 1 is 1.36 bits per heavy atom. The van der Waals surface area contributed by atoms with E-state index in [0.29, 0.717) is 5.56 Å². The summed E-state index contributed by atoms with van der Waals surface area (Å²) in [6.45, 7) is 7.26. The number of nitrogens with zero attached hydrogens (tertiary/aromatic N) is 3. The van der Waals surface area contributed by atoms with Gasteiger partial charge in [0.05, 0.1) is 17.9 Å². The lowest BCUT2D eigenvalue weighted by atomic mass is 10.0. The molecule has 0 spiro atoms. The predicted octanol–water partition coefficient (Wildman–Crippen LogP) is 1.16. The van der Waals surface area contributed by atoms with Crippen molar-refractivity contribution in [1.82, 2.24) is 25.3 Å². The maximum Gasteiger partial charge on any atom is 0.251 e. The van der Waals surface area contributed by atoms with Crippen LogP contribution in [0.3, 0.4) is 0 Å². The van der Waals surface area contributed by atoms with Crippen LogP contribution in [-0.2, 0) is 11.3 Å². The fourth-order valence-electron chi connectivity index (χ4n) is 3.47. The summed E-state index contributed by atoms with van der Waals surface area (Å²) in [5, 5.41) is 13.4. The van der Waals surface area contributed by atoms with E-state index < -0.39 is 0 Å². The van der Waals surface area contributed by atoms with Crippen LogP contribution >= 0.6 is 0 Å². The fraction of sp³-hybridized carbons (Fsp3) is 0.450. The Labute approximate surface area is 165 Å². The van der Waals surface area contributed by atoms with Crippen LogP contribution in [0.1, 0.15) is 34.6 Å². The topological polar surface area (TPSA) is 91.3 Å².